The molecular weight excluding hydrogens is 502 g/mol. The minimum absolute atomic E-state index is 0.0137. The Balaban J connectivity index is 2.16. The van der Waals surface area contributed by atoms with Crippen molar-refractivity contribution in [2.75, 3.05) is 24.2 Å². The maximum atomic E-state index is 13.3. The third-order valence-corrected chi connectivity index (χ3v) is 7.39. The number of halogens is 1. The molecule has 2 aromatic carbocycles. The predicted octanol–water partition coefficient (Wildman–Crippen LogP) is 4.23. The van der Waals surface area contributed by atoms with Crippen LogP contribution in [-0.4, -0.2) is 57.1 Å². The summed E-state index contributed by atoms with van der Waals surface area (Å²) in [4.78, 5) is 27.7. The Kier molecular flexibility index (Phi) is 11.0. The van der Waals surface area contributed by atoms with Gasteiger partial charge in [-0.3, -0.25) is 13.9 Å². The van der Waals surface area contributed by atoms with E-state index in [2.05, 4.69) is 5.32 Å². The van der Waals surface area contributed by atoms with Crippen LogP contribution in [0.3, 0.4) is 0 Å². The van der Waals surface area contributed by atoms with E-state index >= 15 is 0 Å². The lowest BCUT2D eigenvalue weighted by Crippen LogP contribution is -2.49. The SMILES string of the molecule is CC[C@H](C)NC(=O)[C@H](C)N(Cc1ccc(Cl)cc1)C(=O)CCCN(c1ccc(OC)cc1)S(C)(=O)=O. The highest BCUT2D eigenvalue weighted by Crippen LogP contribution is 2.22. The molecule has 36 heavy (non-hydrogen) atoms. The molecule has 0 saturated carbocycles. The quantitative estimate of drug-likeness (QED) is 0.412. The fourth-order valence-corrected chi connectivity index (χ4v) is 4.68. The van der Waals surface area contributed by atoms with E-state index in [1.165, 1.54) is 16.3 Å². The predicted molar refractivity (Wildman–Crippen MR) is 144 cm³/mol. The number of carbonyl (C=O) groups excluding carboxylic acids is 2. The van der Waals surface area contributed by atoms with Crippen molar-refractivity contribution in [2.45, 2.75) is 58.7 Å². The first kappa shape index (κ1) is 29.5. The number of nitrogens with one attached hydrogen (secondary N) is 1. The monoisotopic (exact) mass is 537 g/mol. The molecule has 0 bridgehead atoms. The van der Waals surface area contributed by atoms with Crippen LogP contribution in [-0.2, 0) is 26.2 Å². The van der Waals surface area contributed by atoms with Gasteiger partial charge in [-0.25, -0.2) is 8.42 Å². The van der Waals surface area contributed by atoms with E-state index in [1.807, 2.05) is 26.0 Å². The van der Waals surface area contributed by atoms with E-state index in [-0.39, 0.29) is 43.8 Å². The summed E-state index contributed by atoms with van der Waals surface area (Å²) in [6.07, 6.45) is 2.27. The molecule has 0 radical (unpaired) electrons. The standard InChI is InChI=1S/C26H36ClN3O5S/c1-6-19(2)28-26(32)20(3)29(18-21-9-11-22(27)12-10-21)25(31)8-7-17-30(36(5,33)34)23-13-15-24(35-4)16-14-23/h9-16,19-20H,6-8,17-18H2,1-5H3,(H,28,32)/t19-,20-/m0/s1. The summed E-state index contributed by atoms with van der Waals surface area (Å²) in [5.74, 6) is 0.146. The molecule has 0 saturated heterocycles. The fourth-order valence-electron chi connectivity index (χ4n) is 3.59. The number of sulfonamides is 1. The van der Waals surface area contributed by atoms with E-state index in [0.29, 0.717) is 16.5 Å². The molecule has 0 aliphatic heterocycles. The van der Waals surface area contributed by atoms with Gasteiger partial charge in [-0.2, -0.15) is 0 Å². The summed E-state index contributed by atoms with van der Waals surface area (Å²) in [6, 6.07) is 13.1. The Morgan fingerprint density at radius 2 is 1.67 bits per heavy atom. The zero-order valence-electron chi connectivity index (χ0n) is 21.5. The Bertz CT molecular complexity index is 1110. The molecule has 2 rings (SSSR count). The molecule has 0 unspecified atom stereocenters. The van der Waals surface area contributed by atoms with Gasteiger partial charge in [-0.05, 0) is 68.7 Å². The molecule has 0 fully saturated rings. The molecule has 0 aliphatic rings. The zero-order valence-corrected chi connectivity index (χ0v) is 23.1. The van der Waals surface area contributed by atoms with Crippen molar-refractivity contribution in [3.63, 3.8) is 0 Å². The van der Waals surface area contributed by atoms with Gasteiger partial charge in [0.15, 0.2) is 0 Å². The third kappa shape index (κ3) is 8.71. The molecule has 8 nitrogen and oxygen atoms in total. The average Bonchev–Trinajstić information content (AvgIpc) is 2.85. The van der Waals surface area contributed by atoms with Crippen molar-refractivity contribution in [3.05, 3.63) is 59.1 Å². The number of rotatable bonds is 13. The van der Waals surface area contributed by atoms with Gasteiger partial charge >= 0.3 is 0 Å². The van der Waals surface area contributed by atoms with Gasteiger partial charge in [-0.1, -0.05) is 30.7 Å². The van der Waals surface area contributed by atoms with Crippen LogP contribution in [0.2, 0.25) is 5.02 Å². The number of methoxy groups -OCH3 is 1. The lowest BCUT2D eigenvalue weighted by atomic mass is 10.1. The molecular formula is C26H36ClN3O5S. The summed E-state index contributed by atoms with van der Waals surface area (Å²) in [6.45, 7) is 5.95. The molecule has 0 aromatic heterocycles. The number of hydrogen-bond acceptors (Lipinski definition) is 5. The van der Waals surface area contributed by atoms with Crippen molar-refractivity contribution >= 4 is 39.1 Å². The van der Waals surface area contributed by atoms with Crippen molar-refractivity contribution < 1.29 is 22.7 Å². The van der Waals surface area contributed by atoms with Crippen LogP contribution in [0.4, 0.5) is 5.69 Å². The van der Waals surface area contributed by atoms with Crippen LogP contribution < -0.4 is 14.4 Å². The molecule has 198 valence electrons. The van der Waals surface area contributed by atoms with E-state index in [0.717, 1.165) is 18.2 Å². The first-order valence-corrected chi connectivity index (χ1v) is 14.1. The fraction of sp³-hybridized carbons (Fsp3) is 0.462. The van der Waals surface area contributed by atoms with Gasteiger partial charge in [0.1, 0.15) is 11.8 Å². The number of amides is 2. The minimum Gasteiger partial charge on any atom is -0.497 e. The van der Waals surface area contributed by atoms with Crippen LogP contribution in [0.25, 0.3) is 0 Å². The Labute approximate surface area is 219 Å². The molecule has 0 spiro atoms. The van der Waals surface area contributed by atoms with Crippen molar-refractivity contribution in [1.29, 1.82) is 0 Å². The van der Waals surface area contributed by atoms with Crippen LogP contribution in [0.1, 0.15) is 45.6 Å². The van der Waals surface area contributed by atoms with Gasteiger partial charge in [0.2, 0.25) is 21.8 Å². The van der Waals surface area contributed by atoms with Crippen LogP contribution >= 0.6 is 11.6 Å². The molecule has 0 aliphatic carbocycles. The molecule has 0 heterocycles. The highest BCUT2D eigenvalue weighted by atomic mass is 35.5. The normalized spacial score (nSPS) is 12.9. The van der Waals surface area contributed by atoms with Gasteiger partial charge in [-0.15, -0.1) is 0 Å². The number of benzene rings is 2. The number of anilines is 1. The highest BCUT2D eigenvalue weighted by Gasteiger charge is 2.27. The lowest BCUT2D eigenvalue weighted by Gasteiger charge is -2.30. The number of ether oxygens (including phenoxy) is 1. The largest absolute Gasteiger partial charge is 0.497 e. The summed E-state index contributed by atoms with van der Waals surface area (Å²) in [5.41, 5.74) is 1.33. The average molecular weight is 538 g/mol. The first-order valence-electron chi connectivity index (χ1n) is 11.9. The topological polar surface area (TPSA) is 96.0 Å². The lowest BCUT2D eigenvalue weighted by molar-refractivity contribution is -0.140. The Morgan fingerprint density at radius 1 is 1.06 bits per heavy atom. The summed E-state index contributed by atoms with van der Waals surface area (Å²) < 4.78 is 31.3. The summed E-state index contributed by atoms with van der Waals surface area (Å²) >= 11 is 5.99. The second kappa shape index (κ2) is 13.5. The number of hydrogen-bond donors (Lipinski definition) is 1. The van der Waals surface area contributed by atoms with Crippen LogP contribution in [0.15, 0.2) is 48.5 Å². The maximum absolute atomic E-state index is 13.3. The van der Waals surface area contributed by atoms with Crippen LogP contribution in [0.5, 0.6) is 5.75 Å². The van der Waals surface area contributed by atoms with E-state index in [4.69, 9.17) is 16.3 Å². The number of carbonyl (C=O) groups is 2. The van der Waals surface area contributed by atoms with Gasteiger partial charge in [0.05, 0.1) is 19.1 Å². The first-order chi connectivity index (χ1) is 17.0. The minimum atomic E-state index is -3.56. The molecule has 2 aromatic rings. The second-order valence-corrected chi connectivity index (χ2v) is 11.1. The molecule has 1 N–H and O–H groups in total. The van der Waals surface area contributed by atoms with Crippen molar-refractivity contribution in [2.24, 2.45) is 0 Å². The number of nitrogens with zero attached hydrogens (tertiary/aromatic N) is 2. The highest BCUT2D eigenvalue weighted by molar-refractivity contribution is 7.92. The van der Waals surface area contributed by atoms with Crippen molar-refractivity contribution in [1.82, 2.24) is 10.2 Å². The zero-order chi connectivity index (χ0) is 26.9. The third-order valence-electron chi connectivity index (χ3n) is 5.95. The van der Waals surface area contributed by atoms with E-state index in [1.54, 1.807) is 43.3 Å². The Morgan fingerprint density at radius 3 is 2.19 bits per heavy atom. The molecule has 2 atom stereocenters. The van der Waals surface area contributed by atoms with Gasteiger partial charge < -0.3 is 15.0 Å². The molecule has 10 heteroatoms. The summed E-state index contributed by atoms with van der Waals surface area (Å²) in [7, 11) is -2.03. The maximum Gasteiger partial charge on any atom is 0.242 e. The van der Waals surface area contributed by atoms with Crippen LogP contribution in [0, 0.1) is 0 Å². The summed E-state index contributed by atoms with van der Waals surface area (Å²) in [5, 5.41) is 3.51. The molecule has 2 amide bonds. The van der Waals surface area contributed by atoms with E-state index in [9.17, 15) is 18.0 Å². The van der Waals surface area contributed by atoms with E-state index < -0.39 is 16.1 Å². The Hall–Kier alpha value is -2.78. The van der Waals surface area contributed by atoms with Crippen molar-refractivity contribution in [3.8, 4) is 5.75 Å². The second-order valence-electron chi connectivity index (χ2n) is 8.78. The smallest absolute Gasteiger partial charge is 0.242 e. The van der Waals surface area contributed by atoms with Gasteiger partial charge in [0, 0.05) is 30.6 Å². The van der Waals surface area contributed by atoms with Gasteiger partial charge in [0.25, 0.3) is 0 Å².